The van der Waals surface area contributed by atoms with Crippen LogP contribution in [0.15, 0.2) is 30.6 Å². The van der Waals surface area contributed by atoms with Crippen molar-refractivity contribution in [3.63, 3.8) is 0 Å². The summed E-state index contributed by atoms with van der Waals surface area (Å²) in [4.78, 5) is 33.8. The van der Waals surface area contributed by atoms with Crippen LogP contribution < -0.4 is 10.1 Å². The number of aryl methyl sites for hydroxylation is 1. The van der Waals surface area contributed by atoms with Crippen molar-refractivity contribution in [2.24, 2.45) is 5.92 Å². The lowest BCUT2D eigenvalue weighted by atomic mass is 9.80. The minimum Gasteiger partial charge on any atom is -0.495 e. The van der Waals surface area contributed by atoms with E-state index in [1.165, 1.54) is 7.11 Å². The zero-order valence-electron chi connectivity index (χ0n) is 23.0. The minimum atomic E-state index is -0.505. The number of nitrogens with zero attached hydrogens (tertiary/aromatic N) is 3. The zero-order chi connectivity index (χ0) is 27.2. The highest BCUT2D eigenvalue weighted by Crippen LogP contribution is 2.40. The number of fused-ring (bicyclic) bond motifs is 1. The first kappa shape index (κ1) is 27.4. The van der Waals surface area contributed by atoms with Crippen LogP contribution in [0.1, 0.15) is 76.2 Å². The molecule has 2 heterocycles. The normalized spacial score (nSPS) is 18.1. The average molecular weight is 523 g/mol. The van der Waals surface area contributed by atoms with Gasteiger partial charge in [-0.1, -0.05) is 19.4 Å². The molecule has 0 spiro atoms. The standard InChI is InChI=1S/C29H38N4O5/c1-6-7-18(2)38-29(35)31-23-13-12-22(17-24(23)36-4)26-27-19(3)30-14-15-33(27)28(32-26)21-10-8-20(9-11-21)16-25(34)37-5/h12-15,17-18,20-21H,6-11,16H2,1-5H3,(H,31,35). The van der Waals surface area contributed by atoms with Crippen LogP contribution in [-0.2, 0) is 14.3 Å². The SMILES string of the molecule is CCCC(C)OC(=O)Nc1ccc(-c2nc(C3CCC(CC(=O)OC)CC3)n3ccnc(C)c23)cc1OC. The molecular weight excluding hydrogens is 484 g/mol. The van der Waals surface area contributed by atoms with Gasteiger partial charge in [-0.3, -0.25) is 19.5 Å². The van der Waals surface area contributed by atoms with Crippen LogP contribution in [0.25, 0.3) is 16.8 Å². The molecule has 9 heteroatoms. The molecule has 0 aliphatic heterocycles. The summed E-state index contributed by atoms with van der Waals surface area (Å²) in [6, 6.07) is 5.63. The molecule has 204 valence electrons. The van der Waals surface area contributed by atoms with E-state index in [9.17, 15) is 9.59 Å². The van der Waals surface area contributed by atoms with Crippen molar-refractivity contribution in [3.05, 3.63) is 42.1 Å². The molecule has 0 radical (unpaired) electrons. The summed E-state index contributed by atoms with van der Waals surface area (Å²) in [5.41, 5.74) is 4.07. The summed E-state index contributed by atoms with van der Waals surface area (Å²) in [7, 11) is 3.02. The lowest BCUT2D eigenvalue weighted by Crippen LogP contribution is -2.20. The van der Waals surface area contributed by atoms with Crippen LogP contribution >= 0.6 is 0 Å². The van der Waals surface area contributed by atoms with E-state index in [4.69, 9.17) is 19.2 Å². The lowest BCUT2D eigenvalue weighted by molar-refractivity contribution is -0.142. The molecule has 9 nitrogen and oxygen atoms in total. The highest BCUT2D eigenvalue weighted by molar-refractivity contribution is 5.89. The van der Waals surface area contributed by atoms with Crippen molar-refractivity contribution in [2.75, 3.05) is 19.5 Å². The van der Waals surface area contributed by atoms with Gasteiger partial charge in [0, 0.05) is 30.3 Å². The van der Waals surface area contributed by atoms with E-state index in [2.05, 4.69) is 21.6 Å². The van der Waals surface area contributed by atoms with Crippen molar-refractivity contribution in [1.82, 2.24) is 14.4 Å². The Bertz CT molecular complexity index is 1280. The third-order valence-electron chi connectivity index (χ3n) is 7.38. The molecule has 1 atom stereocenters. The summed E-state index contributed by atoms with van der Waals surface area (Å²) < 4.78 is 18.1. The molecule has 1 amide bonds. The van der Waals surface area contributed by atoms with Gasteiger partial charge in [0.15, 0.2) is 0 Å². The summed E-state index contributed by atoms with van der Waals surface area (Å²) in [6.45, 7) is 5.92. The number of hydrogen-bond donors (Lipinski definition) is 1. The molecule has 38 heavy (non-hydrogen) atoms. The first-order valence-electron chi connectivity index (χ1n) is 13.4. The Morgan fingerprint density at radius 1 is 1.18 bits per heavy atom. The van der Waals surface area contributed by atoms with E-state index < -0.39 is 6.09 Å². The summed E-state index contributed by atoms with van der Waals surface area (Å²) in [6.07, 6.45) is 9.19. The predicted octanol–water partition coefficient (Wildman–Crippen LogP) is 6.29. The van der Waals surface area contributed by atoms with Crippen LogP contribution in [0.2, 0.25) is 0 Å². The minimum absolute atomic E-state index is 0.140. The molecule has 1 aromatic carbocycles. The van der Waals surface area contributed by atoms with Crippen molar-refractivity contribution in [3.8, 4) is 17.0 Å². The fourth-order valence-electron chi connectivity index (χ4n) is 5.38. The molecule has 1 saturated carbocycles. The largest absolute Gasteiger partial charge is 0.495 e. The number of carbonyl (C=O) groups is 2. The second-order valence-electron chi connectivity index (χ2n) is 10.1. The molecule has 1 aliphatic rings. The quantitative estimate of drug-likeness (QED) is 0.329. The molecule has 4 rings (SSSR count). The van der Waals surface area contributed by atoms with E-state index in [-0.39, 0.29) is 18.0 Å². The lowest BCUT2D eigenvalue weighted by Gasteiger charge is -2.27. The number of esters is 1. The Morgan fingerprint density at radius 2 is 1.95 bits per heavy atom. The average Bonchev–Trinajstić information content (AvgIpc) is 3.30. The predicted molar refractivity (Wildman–Crippen MR) is 146 cm³/mol. The van der Waals surface area contributed by atoms with Gasteiger partial charge in [0.2, 0.25) is 0 Å². The van der Waals surface area contributed by atoms with Gasteiger partial charge in [-0.2, -0.15) is 0 Å². The molecule has 0 bridgehead atoms. The maximum atomic E-state index is 12.4. The number of nitrogens with one attached hydrogen (secondary N) is 1. The number of carbonyl (C=O) groups excluding carboxylic acids is 2. The van der Waals surface area contributed by atoms with Crippen molar-refractivity contribution >= 4 is 23.3 Å². The van der Waals surface area contributed by atoms with Crippen molar-refractivity contribution in [1.29, 1.82) is 0 Å². The highest BCUT2D eigenvalue weighted by atomic mass is 16.6. The molecule has 2 aromatic heterocycles. The number of anilines is 1. The fourth-order valence-corrected chi connectivity index (χ4v) is 5.38. The van der Waals surface area contributed by atoms with Crippen LogP contribution in [-0.4, -0.2) is 46.8 Å². The van der Waals surface area contributed by atoms with Gasteiger partial charge in [-0.05, 0) is 64.0 Å². The van der Waals surface area contributed by atoms with Crippen molar-refractivity contribution in [2.45, 2.75) is 77.7 Å². The first-order chi connectivity index (χ1) is 18.3. The Balaban J connectivity index is 1.60. The van der Waals surface area contributed by atoms with Gasteiger partial charge in [0.1, 0.15) is 17.7 Å². The van der Waals surface area contributed by atoms with E-state index in [1.807, 2.05) is 38.2 Å². The van der Waals surface area contributed by atoms with Gasteiger partial charge in [0.25, 0.3) is 0 Å². The Morgan fingerprint density at radius 3 is 2.63 bits per heavy atom. The number of methoxy groups -OCH3 is 2. The number of amides is 1. The van der Waals surface area contributed by atoms with Gasteiger partial charge in [-0.15, -0.1) is 0 Å². The summed E-state index contributed by atoms with van der Waals surface area (Å²) >= 11 is 0. The molecular formula is C29H38N4O5. The van der Waals surface area contributed by atoms with Gasteiger partial charge in [-0.25, -0.2) is 9.78 Å². The van der Waals surface area contributed by atoms with Crippen molar-refractivity contribution < 1.29 is 23.8 Å². The molecule has 3 aromatic rings. The van der Waals surface area contributed by atoms with Gasteiger partial charge >= 0.3 is 12.1 Å². The molecule has 0 saturated heterocycles. The van der Waals surface area contributed by atoms with Crippen LogP contribution in [0, 0.1) is 12.8 Å². The van der Waals surface area contributed by atoms with Gasteiger partial charge in [0.05, 0.1) is 36.8 Å². The second kappa shape index (κ2) is 12.3. The van der Waals surface area contributed by atoms with E-state index >= 15 is 0 Å². The number of ether oxygens (including phenoxy) is 3. The molecule has 1 N–H and O–H groups in total. The van der Waals surface area contributed by atoms with E-state index in [0.717, 1.165) is 66.8 Å². The third-order valence-corrected chi connectivity index (χ3v) is 7.38. The zero-order valence-corrected chi connectivity index (χ0v) is 23.0. The van der Waals surface area contributed by atoms with Crippen LogP contribution in [0.5, 0.6) is 5.75 Å². The van der Waals surface area contributed by atoms with E-state index in [1.54, 1.807) is 13.3 Å². The smallest absolute Gasteiger partial charge is 0.412 e. The monoisotopic (exact) mass is 522 g/mol. The number of aromatic nitrogens is 3. The fraction of sp³-hybridized carbons (Fsp3) is 0.517. The van der Waals surface area contributed by atoms with Crippen LogP contribution in [0.4, 0.5) is 10.5 Å². The second-order valence-corrected chi connectivity index (χ2v) is 10.1. The maximum absolute atomic E-state index is 12.4. The first-order valence-corrected chi connectivity index (χ1v) is 13.4. The van der Waals surface area contributed by atoms with Gasteiger partial charge < -0.3 is 14.2 Å². The topological polar surface area (TPSA) is 104 Å². The number of benzene rings is 1. The Kier molecular flexibility index (Phi) is 8.86. The molecule has 1 fully saturated rings. The summed E-state index contributed by atoms with van der Waals surface area (Å²) in [5.74, 6) is 2.03. The Labute approximate surface area is 223 Å². The molecule has 1 aliphatic carbocycles. The van der Waals surface area contributed by atoms with E-state index in [0.29, 0.717) is 23.8 Å². The highest BCUT2D eigenvalue weighted by Gasteiger charge is 2.29. The Hall–Kier alpha value is -3.62. The summed E-state index contributed by atoms with van der Waals surface area (Å²) in [5, 5.41) is 2.80. The maximum Gasteiger partial charge on any atom is 0.412 e. The molecule has 1 unspecified atom stereocenters. The number of imidazole rings is 1. The number of rotatable bonds is 9. The third kappa shape index (κ3) is 6.09. The van der Waals surface area contributed by atoms with Crippen LogP contribution in [0.3, 0.4) is 0 Å². The number of hydrogen-bond acceptors (Lipinski definition) is 7.